The van der Waals surface area contributed by atoms with Crippen molar-refractivity contribution in [2.45, 2.75) is 12.8 Å². The number of esters is 1. The van der Waals surface area contributed by atoms with Crippen LogP contribution in [-0.4, -0.2) is 49.6 Å². The van der Waals surface area contributed by atoms with Gasteiger partial charge in [0.15, 0.2) is 0 Å². The molecular weight excluding hydrogens is 329 g/mol. The molecule has 3 amide bonds. The third kappa shape index (κ3) is 3.47. The van der Waals surface area contributed by atoms with Gasteiger partial charge in [0.05, 0.1) is 12.8 Å². The van der Waals surface area contributed by atoms with Crippen LogP contribution in [-0.2, 0) is 14.3 Å². The number of nitrogens with one attached hydrogen (secondary N) is 1. The Balaban J connectivity index is 1.78. The zero-order chi connectivity index (χ0) is 18.0. The molecule has 2 aliphatic rings. The molecule has 0 atom stereocenters. The van der Waals surface area contributed by atoms with E-state index in [1.54, 1.807) is 12.1 Å². The lowest BCUT2D eigenvalue weighted by molar-refractivity contribution is -0.143. The molecule has 3 rings (SSSR count). The lowest BCUT2D eigenvalue weighted by Crippen LogP contribution is -2.36. The standard InChI is InChI=1S/C17H18FN3O4/c1-25-15(22)10-21-16(23)13(19-17(21)24)9-11-4-5-14(12(18)8-11)20-6-2-3-7-20/h4-5,8-9H,2-3,6-7,10H2,1H3,(H,19,24)/b13-9+. The van der Waals surface area contributed by atoms with Gasteiger partial charge in [-0.1, -0.05) is 6.07 Å². The van der Waals surface area contributed by atoms with Gasteiger partial charge in [0.1, 0.15) is 18.1 Å². The van der Waals surface area contributed by atoms with Crippen molar-refractivity contribution in [2.75, 3.05) is 31.6 Å². The molecule has 8 heteroatoms. The SMILES string of the molecule is COC(=O)CN1C(=O)N/C(=C/c2ccc(N3CCCC3)c(F)c2)C1=O. The van der Waals surface area contributed by atoms with Crippen LogP contribution in [0.1, 0.15) is 18.4 Å². The van der Waals surface area contributed by atoms with Gasteiger partial charge in [0.2, 0.25) is 0 Å². The van der Waals surface area contributed by atoms with Gasteiger partial charge in [0, 0.05) is 13.1 Å². The summed E-state index contributed by atoms with van der Waals surface area (Å²) in [4.78, 5) is 38.0. The Hall–Kier alpha value is -2.90. The highest BCUT2D eigenvalue weighted by Crippen LogP contribution is 2.25. The summed E-state index contributed by atoms with van der Waals surface area (Å²) in [5.41, 5.74) is 0.972. The summed E-state index contributed by atoms with van der Waals surface area (Å²) in [6.45, 7) is 1.18. The molecule has 0 bridgehead atoms. The summed E-state index contributed by atoms with van der Waals surface area (Å²) in [5.74, 6) is -1.73. The van der Waals surface area contributed by atoms with Crippen LogP contribution in [0.2, 0.25) is 0 Å². The number of carbonyl (C=O) groups excluding carboxylic acids is 3. The maximum atomic E-state index is 14.3. The number of nitrogens with zero attached hydrogens (tertiary/aromatic N) is 2. The highest BCUT2D eigenvalue weighted by molar-refractivity contribution is 6.15. The number of hydrogen-bond acceptors (Lipinski definition) is 5. The van der Waals surface area contributed by atoms with Crippen molar-refractivity contribution >= 4 is 29.7 Å². The van der Waals surface area contributed by atoms with Crippen LogP contribution in [0.5, 0.6) is 0 Å². The number of benzene rings is 1. The predicted molar refractivity (Wildman–Crippen MR) is 88.1 cm³/mol. The van der Waals surface area contributed by atoms with Gasteiger partial charge in [-0.25, -0.2) is 14.1 Å². The number of urea groups is 1. The molecule has 2 aliphatic heterocycles. The Morgan fingerprint density at radius 3 is 2.68 bits per heavy atom. The Morgan fingerprint density at radius 1 is 1.32 bits per heavy atom. The summed E-state index contributed by atoms with van der Waals surface area (Å²) in [7, 11) is 1.17. The first-order valence-corrected chi connectivity index (χ1v) is 7.95. The molecule has 1 aromatic rings. The van der Waals surface area contributed by atoms with Gasteiger partial charge in [-0.05, 0) is 36.6 Å². The van der Waals surface area contributed by atoms with Crippen LogP contribution >= 0.6 is 0 Å². The number of anilines is 1. The summed E-state index contributed by atoms with van der Waals surface area (Å²) < 4.78 is 18.8. The van der Waals surface area contributed by atoms with E-state index in [0.29, 0.717) is 11.3 Å². The number of halogens is 1. The van der Waals surface area contributed by atoms with Crippen molar-refractivity contribution in [1.82, 2.24) is 10.2 Å². The largest absolute Gasteiger partial charge is 0.468 e. The third-order valence-corrected chi connectivity index (χ3v) is 4.21. The first-order chi connectivity index (χ1) is 12.0. The maximum Gasteiger partial charge on any atom is 0.329 e. The van der Waals surface area contributed by atoms with Crippen molar-refractivity contribution in [2.24, 2.45) is 0 Å². The average Bonchev–Trinajstić information content (AvgIpc) is 3.20. The maximum absolute atomic E-state index is 14.3. The second-order valence-electron chi connectivity index (χ2n) is 5.86. The zero-order valence-electron chi connectivity index (χ0n) is 13.8. The van der Waals surface area contributed by atoms with E-state index < -0.39 is 24.5 Å². The molecule has 2 heterocycles. The Morgan fingerprint density at radius 2 is 2.04 bits per heavy atom. The highest BCUT2D eigenvalue weighted by atomic mass is 19.1. The van der Waals surface area contributed by atoms with Crippen LogP contribution in [0.25, 0.3) is 6.08 Å². The number of amides is 3. The molecule has 2 fully saturated rings. The van der Waals surface area contributed by atoms with Crippen molar-refractivity contribution < 1.29 is 23.5 Å². The second-order valence-corrected chi connectivity index (χ2v) is 5.86. The molecule has 0 spiro atoms. The van der Waals surface area contributed by atoms with E-state index in [1.807, 2.05) is 4.90 Å². The summed E-state index contributed by atoms with van der Waals surface area (Å²) in [6.07, 6.45) is 3.47. The van der Waals surface area contributed by atoms with Crippen LogP contribution in [0, 0.1) is 5.82 Å². The molecule has 132 valence electrons. The van der Waals surface area contributed by atoms with Gasteiger partial charge in [-0.3, -0.25) is 9.59 Å². The van der Waals surface area contributed by atoms with E-state index in [2.05, 4.69) is 10.1 Å². The topological polar surface area (TPSA) is 79.0 Å². The number of rotatable bonds is 4. The molecule has 1 N–H and O–H groups in total. The highest BCUT2D eigenvalue weighted by Gasteiger charge is 2.35. The monoisotopic (exact) mass is 347 g/mol. The first kappa shape index (κ1) is 16.9. The van der Waals surface area contributed by atoms with Crippen molar-refractivity contribution in [3.8, 4) is 0 Å². The Kier molecular flexibility index (Phi) is 4.69. The van der Waals surface area contributed by atoms with Gasteiger partial charge < -0.3 is 15.0 Å². The van der Waals surface area contributed by atoms with E-state index in [9.17, 15) is 18.8 Å². The molecular formula is C17H18FN3O4. The quantitative estimate of drug-likeness (QED) is 0.507. The minimum atomic E-state index is -0.712. The fourth-order valence-corrected chi connectivity index (χ4v) is 2.90. The number of methoxy groups -OCH3 is 1. The fraction of sp³-hybridized carbons (Fsp3) is 0.353. The molecule has 2 saturated heterocycles. The van der Waals surface area contributed by atoms with Gasteiger partial charge in [0.25, 0.3) is 5.91 Å². The van der Waals surface area contributed by atoms with Crippen molar-refractivity contribution in [1.29, 1.82) is 0 Å². The average molecular weight is 347 g/mol. The van der Waals surface area contributed by atoms with E-state index in [-0.39, 0.29) is 11.5 Å². The first-order valence-electron chi connectivity index (χ1n) is 7.95. The van der Waals surface area contributed by atoms with Crippen molar-refractivity contribution in [3.05, 3.63) is 35.3 Å². The molecule has 0 aromatic heterocycles. The third-order valence-electron chi connectivity index (χ3n) is 4.21. The van der Waals surface area contributed by atoms with Crippen LogP contribution in [0.15, 0.2) is 23.9 Å². The number of carbonyl (C=O) groups is 3. The molecule has 1 aromatic carbocycles. The minimum Gasteiger partial charge on any atom is -0.468 e. The van der Waals surface area contributed by atoms with Crippen LogP contribution in [0.3, 0.4) is 0 Å². The summed E-state index contributed by atoms with van der Waals surface area (Å²) >= 11 is 0. The molecule has 0 saturated carbocycles. The van der Waals surface area contributed by atoms with E-state index in [1.165, 1.54) is 19.3 Å². The van der Waals surface area contributed by atoms with E-state index in [0.717, 1.165) is 30.8 Å². The molecule has 0 unspecified atom stereocenters. The molecule has 7 nitrogen and oxygen atoms in total. The number of imide groups is 1. The van der Waals surface area contributed by atoms with Crippen LogP contribution < -0.4 is 10.2 Å². The second kappa shape index (κ2) is 6.92. The smallest absolute Gasteiger partial charge is 0.329 e. The van der Waals surface area contributed by atoms with E-state index in [4.69, 9.17) is 0 Å². The van der Waals surface area contributed by atoms with Crippen molar-refractivity contribution in [3.63, 3.8) is 0 Å². The normalized spacial score (nSPS) is 18.9. The van der Waals surface area contributed by atoms with Gasteiger partial charge in [-0.2, -0.15) is 0 Å². The number of ether oxygens (including phenoxy) is 1. The van der Waals surface area contributed by atoms with Gasteiger partial charge in [-0.15, -0.1) is 0 Å². The minimum absolute atomic E-state index is 0.0118. The lowest BCUT2D eigenvalue weighted by Gasteiger charge is -2.18. The molecule has 0 aliphatic carbocycles. The Bertz CT molecular complexity index is 756. The summed E-state index contributed by atoms with van der Waals surface area (Å²) in [5, 5.41) is 2.38. The van der Waals surface area contributed by atoms with E-state index >= 15 is 0 Å². The number of hydrogen-bond donors (Lipinski definition) is 1. The van der Waals surface area contributed by atoms with Crippen LogP contribution in [0.4, 0.5) is 14.9 Å². The fourth-order valence-electron chi connectivity index (χ4n) is 2.90. The zero-order valence-corrected chi connectivity index (χ0v) is 13.8. The molecule has 25 heavy (non-hydrogen) atoms. The molecule has 0 radical (unpaired) electrons. The Labute approximate surface area is 144 Å². The lowest BCUT2D eigenvalue weighted by atomic mass is 10.1. The summed E-state index contributed by atoms with van der Waals surface area (Å²) in [6, 6.07) is 3.96. The predicted octanol–water partition coefficient (Wildman–Crippen LogP) is 1.49. The van der Waals surface area contributed by atoms with Gasteiger partial charge >= 0.3 is 12.0 Å².